The summed E-state index contributed by atoms with van der Waals surface area (Å²) in [5, 5.41) is 0. The summed E-state index contributed by atoms with van der Waals surface area (Å²) in [4.78, 5) is 0. The maximum atomic E-state index is 11.5. The lowest BCUT2D eigenvalue weighted by atomic mass is 10.5. The molecule has 0 aliphatic heterocycles. The summed E-state index contributed by atoms with van der Waals surface area (Å²) in [6, 6.07) is 0. The summed E-state index contributed by atoms with van der Waals surface area (Å²) in [7, 11) is 0. The minimum absolute atomic E-state index is 0.590. The molecule has 1 aliphatic carbocycles. The maximum Gasteiger partial charge on any atom is 0.397 e. The second kappa shape index (κ2) is 3.03. The lowest BCUT2D eigenvalue weighted by Crippen LogP contribution is -2.11. The molecule has 0 aromatic rings. The van der Waals surface area contributed by atoms with Gasteiger partial charge in [-0.2, -0.15) is 24.9 Å². The molecule has 10 heavy (non-hydrogen) atoms. The van der Waals surface area contributed by atoms with Crippen molar-refractivity contribution in [2.75, 3.05) is 11.5 Å². The molecule has 0 amide bonds. The summed E-state index contributed by atoms with van der Waals surface area (Å²) >= 11 is 1.01. The van der Waals surface area contributed by atoms with Crippen LogP contribution >= 0.6 is 11.8 Å². The molecule has 0 heterocycles. The van der Waals surface area contributed by atoms with Gasteiger partial charge in [0.2, 0.25) is 0 Å². The standard InChI is InChI=1S/C6H9F3S/c7-6(8,9)4-10-3-5-1-2-5/h5H,1-4H2. The Labute approximate surface area is 62.2 Å². The molecule has 1 saturated carbocycles. The highest BCUT2D eigenvalue weighted by molar-refractivity contribution is 7.99. The van der Waals surface area contributed by atoms with Gasteiger partial charge in [-0.3, -0.25) is 0 Å². The maximum absolute atomic E-state index is 11.5. The van der Waals surface area contributed by atoms with Gasteiger partial charge < -0.3 is 0 Å². The summed E-state index contributed by atoms with van der Waals surface area (Å²) < 4.78 is 34.5. The average Bonchev–Trinajstić information content (AvgIpc) is 2.45. The van der Waals surface area contributed by atoms with Crippen LogP contribution in [0.15, 0.2) is 0 Å². The van der Waals surface area contributed by atoms with Gasteiger partial charge in [-0.1, -0.05) is 0 Å². The first-order chi connectivity index (χ1) is 4.58. The zero-order valence-corrected chi connectivity index (χ0v) is 6.26. The van der Waals surface area contributed by atoms with Crippen molar-refractivity contribution >= 4 is 11.8 Å². The number of alkyl halides is 3. The number of hydrogen-bond acceptors (Lipinski definition) is 1. The Morgan fingerprint density at radius 3 is 2.30 bits per heavy atom. The molecule has 0 nitrogen and oxygen atoms in total. The van der Waals surface area contributed by atoms with Crippen LogP contribution in [0.25, 0.3) is 0 Å². The summed E-state index contributed by atoms with van der Waals surface area (Å²) in [6.07, 6.45) is -1.71. The first-order valence-corrected chi connectivity index (χ1v) is 4.38. The highest BCUT2D eigenvalue weighted by Crippen LogP contribution is 2.34. The van der Waals surface area contributed by atoms with E-state index in [0.29, 0.717) is 11.7 Å². The van der Waals surface area contributed by atoms with Gasteiger partial charge in [-0.25, -0.2) is 0 Å². The van der Waals surface area contributed by atoms with Crippen molar-refractivity contribution in [1.82, 2.24) is 0 Å². The molecule has 0 unspecified atom stereocenters. The van der Waals surface area contributed by atoms with Gasteiger partial charge in [0.25, 0.3) is 0 Å². The fourth-order valence-corrected chi connectivity index (χ4v) is 1.64. The second-order valence-electron chi connectivity index (χ2n) is 2.57. The Balaban J connectivity index is 1.93. The van der Waals surface area contributed by atoms with Gasteiger partial charge in [0, 0.05) is 0 Å². The fraction of sp³-hybridized carbons (Fsp3) is 1.00. The third-order valence-corrected chi connectivity index (χ3v) is 2.55. The van der Waals surface area contributed by atoms with E-state index in [-0.39, 0.29) is 0 Å². The molecule has 4 heteroatoms. The van der Waals surface area contributed by atoms with E-state index in [9.17, 15) is 13.2 Å². The van der Waals surface area contributed by atoms with E-state index >= 15 is 0 Å². The molecule has 0 N–H and O–H groups in total. The van der Waals surface area contributed by atoms with Crippen molar-refractivity contribution in [3.63, 3.8) is 0 Å². The summed E-state index contributed by atoms with van der Waals surface area (Å²) in [5.41, 5.74) is 0. The fourth-order valence-electron chi connectivity index (χ4n) is 0.626. The van der Waals surface area contributed by atoms with Gasteiger partial charge in [-0.15, -0.1) is 0 Å². The minimum Gasteiger partial charge on any atom is -0.170 e. The van der Waals surface area contributed by atoms with Gasteiger partial charge in [0.05, 0.1) is 5.75 Å². The van der Waals surface area contributed by atoms with Crippen LogP contribution in [0.1, 0.15) is 12.8 Å². The molecule has 0 bridgehead atoms. The Morgan fingerprint density at radius 1 is 1.30 bits per heavy atom. The van der Waals surface area contributed by atoms with Crippen LogP contribution in [0, 0.1) is 5.92 Å². The van der Waals surface area contributed by atoms with Gasteiger partial charge in [-0.05, 0) is 24.5 Å². The molecule has 0 spiro atoms. The van der Waals surface area contributed by atoms with Crippen molar-refractivity contribution in [3.8, 4) is 0 Å². The molecule has 1 fully saturated rings. The second-order valence-corrected chi connectivity index (χ2v) is 3.60. The predicted molar refractivity (Wildman–Crippen MR) is 36.1 cm³/mol. The van der Waals surface area contributed by atoms with E-state index < -0.39 is 11.9 Å². The molecular formula is C6H9F3S. The van der Waals surface area contributed by atoms with Crippen molar-refractivity contribution in [1.29, 1.82) is 0 Å². The van der Waals surface area contributed by atoms with Crippen LogP contribution in [0.3, 0.4) is 0 Å². The predicted octanol–water partition coefficient (Wildman–Crippen LogP) is 2.69. The number of halogens is 3. The topological polar surface area (TPSA) is 0 Å². The lowest BCUT2D eigenvalue weighted by Gasteiger charge is -2.03. The van der Waals surface area contributed by atoms with E-state index in [1.165, 1.54) is 0 Å². The summed E-state index contributed by atoms with van der Waals surface area (Å²) in [6.45, 7) is 0. The Hall–Kier alpha value is 0.140. The largest absolute Gasteiger partial charge is 0.397 e. The molecule has 1 aliphatic rings. The van der Waals surface area contributed by atoms with E-state index in [1.807, 2.05) is 0 Å². The third-order valence-electron chi connectivity index (χ3n) is 1.32. The highest BCUT2D eigenvalue weighted by atomic mass is 32.2. The average molecular weight is 170 g/mol. The van der Waals surface area contributed by atoms with Crippen LogP contribution in [0.4, 0.5) is 13.2 Å². The number of rotatable bonds is 3. The Morgan fingerprint density at radius 2 is 1.90 bits per heavy atom. The van der Waals surface area contributed by atoms with E-state index in [2.05, 4.69) is 0 Å². The Kier molecular flexibility index (Phi) is 2.50. The van der Waals surface area contributed by atoms with Crippen molar-refractivity contribution in [3.05, 3.63) is 0 Å². The highest BCUT2D eigenvalue weighted by Gasteiger charge is 2.29. The molecule has 0 radical (unpaired) electrons. The van der Waals surface area contributed by atoms with Gasteiger partial charge in [0.15, 0.2) is 0 Å². The molecule has 0 atom stereocenters. The van der Waals surface area contributed by atoms with Gasteiger partial charge in [0.1, 0.15) is 0 Å². The zero-order valence-electron chi connectivity index (χ0n) is 5.45. The van der Waals surface area contributed by atoms with Crippen LogP contribution in [0.5, 0.6) is 0 Å². The minimum atomic E-state index is -3.97. The SMILES string of the molecule is FC(F)(F)CSCC1CC1. The summed E-state index contributed by atoms with van der Waals surface area (Å²) in [5.74, 6) is 0.607. The quantitative estimate of drug-likeness (QED) is 0.627. The van der Waals surface area contributed by atoms with E-state index in [1.54, 1.807) is 0 Å². The lowest BCUT2D eigenvalue weighted by molar-refractivity contribution is -0.105. The van der Waals surface area contributed by atoms with Crippen molar-refractivity contribution in [2.45, 2.75) is 19.0 Å². The smallest absolute Gasteiger partial charge is 0.170 e. The van der Waals surface area contributed by atoms with Crippen LogP contribution < -0.4 is 0 Å². The molecule has 1 rings (SSSR count). The van der Waals surface area contributed by atoms with Crippen molar-refractivity contribution < 1.29 is 13.2 Å². The number of hydrogen-bond donors (Lipinski definition) is 0. The monoisotopic (exact) mass is 170 g/mol. The molecule has 0 aromatic carbocycles. The first-order valence-electron chi connectivity index (χ1n) is 3.22. The molecule has 0 saturated heterocycles. The molecule has 60 valence electrons. The number of thioether (sulfide) groups is 1. The van der Waals surface area contributed by atoms with Crippen LogP contribution in [0.2, 0.25) is 0 Å². The zero-order chi connectivity index (χ0) is 7.61. The van der Waals surface area contributed by atoms with Crippen LogP contribution in [-0.2, 0) is 0 Å². The Bertz CT molecular complexity index is 106. The van der Waals surface area contributed by atoms with Crippen LogP contribution in [-0.4, -0.2) is 17.7 Å². The third kappa shape index (κ3) is 4.04. The first kappa shape index (κ1) is 8.24. The molecular weight excluding hydrogens is 161 g/mol. The van der Waals surface area contributed by atoms with Gasteiger partial charge >= 0.3 is 6.18 Å². The van der Waals surface area contributed by atoms with Crippen molar-refractivity contribution in [2.24, 2.45) is 5.92 Å². The normalized spacial score (nSPS) is 19.5. The molecule has 0 aromatic heterocycles. The van der Waals surface area contributed by atoms with E-state index in [4.69, 9.17) is 0 Å². The van der Waals surface area contributed by atoms with E-state index in [0.717, 1.165) is 24.6 Å².